The molecule has 0 aliphatic carbocycles. The molecule has 0 bridgehead atoms. The van der Waals surface area contributed by atoms with E-state index in [1.165, 1.54) is 25.7 Å². The summed E-state index contributed by atoms with van der Waals surface area (Å²) in [5, 5.41) is 12.8. The minimum absolute atomic E-state index is 0.187. The first-order valence-corrected chi connectivity index (χ1v) is 8.57. The van der Waals surface area contributed by atoms with Crippen LogP contribution in [0, 0.1) is 0 Å². The van der Waals surface area contributed by atoms with E-state index in [1.807, 2.05) is 10.8 Å². The SMILES string of the molecule is CCCCCCC/C(Cn1ccnc1)=N\OCCCCC(=O)O. The van der Waals surface area contributed by atoms with Crippen molar-refractivity contribution in [1.29, 1.82) is 0 Å². The lowest BCUT2D eigenvalue weighted by Gasteiger charge is -2.08. The first-order valence-electron chi connectivity index (χ1n) is 8.57. The van der Waals surface area contributed by atoms with Gasteiger partial charge in [0, 0.05) is 18.8 Å². The minimum atomic E-state index is -0.763. The second-order valence-corrected chi connectivity index (χ2v) is 5.74. The summed E-state index contributed by atoms with van der Waals surface area (Å²) in [5.41, 5.74) is 1.01. The zero-order valence-electron chi connectivity index (χ0n) is 14.1. The zero-order chi connectivity index (χ0) is 16.8. The summed E-state index contributed by atoms with van der Waals surface area (Å²) in [5.74, 6) is -0.763. The molecule has 1 heterocycles. The van der Waals surface area contributed by atoms with Crippen LogP contribution >= 0.6 is 0 Å². The molecule has 0 aromatic carbocycles. The highest BCUT2D eigenvalue weighted by Crippen LogP contribution is 2.08. The number of oxime groups is 1. The average Bonchev–Trinajstić information content (AvgIpc) is 3.02. The normalized spacial score (nSPS) is 11.6. The Morgan fingerprint density at radius 2 is 1.96 bits per heavy atom. The van der Waals surface area contributed by atoms with E-state index in [-0.39, 0.29) is 6.42 Å². The van der Waals surface area contributed by atoms with Crippen LogP contribution in [0.2, 0.25) is 0 Å². The van der Waals surface area contributed by atoms with E-state index in [9.17, 15) is 4.79 Å². The molecule has 1 aromatic rings. The number of unbranched alkanes of at least 4 members (excludes halogenated alkanes) is 5. The van der Waals surface area contributed by atoms with Crippen molar-refractivity contribution in [2.75, 3.05) is 6.61 Å². The summed E-state index contributed by atoms with van der Waals surface area (Å²) in [7, 11) is 0. The molecular formula is C17H29N3O3. The van der Waals surface area contributed by atoms with Gasteiger partial charge in [0.1, 0.15) is 6.61 Å². The lowest BCUT2D eigenvalue weighted by molar-refractivity contribution is -0.137. The van der Waals surface area contributed by atoms with Gasteiger partial charge in [-0.05, 0) is 25.7 Å². The lowest BCUT2D eigenvalue weighted by Crippen LogP contribution is -2.10. The maximum Gasteiger partial charge on any atom is 0.303 e. The number of aromatic nitrogens is 2. The molecule has 6 heteroatoms. The van der Waals surface area contributed by atoms with Crippen LogP contribution in [0.15, 0.2) is 23.9 Å². The maximum atomic E-state index is 10.4. The van der Waals surface area contributed by atoms with Gasteiger partial charge in [-0.1, -0.05) is 37.8 Å². The van der Waals surface area contributed by atoms with Crippen LogP contribution in [-0.4, -0.2) is 32.9 Å². The summed E-state index contributed by atoms with van der Waals surface area (Å²) >= 11 is 0. The largest absolute Gasteiger partial charge is 0.481 e. The number of carbonyl (C=O) groups is 1. The molecule has 0 fully saturated rings. The molecule has 0 unspecified atom stereocenters. The van der Waals surface area contributed by atoms with E-state index in [0.29, 0.717) is 26.0 Å². The number of rotatable bonds is 14. The molecule has 23 heavy (non-hydrogen) atoms. The van der Waals surface area contributed by atoms with Gasteiger partial charge >= 0.3 is 5.97 Å². The number of carboxylic acid groups (broad SMARTS) is 1. The number of hydrogen-bond donors (Lipinski definition) is 1. The van der Waals surface area contributed by atoms with Crippen LogP contribution in [0.25, 0.3) is 0 Å². The van der Waals surface area contributed by atoms with Crippen molar-refractivity contribution in [2.24, 2.45) is 5.16 Å². The van der Waals surface area contributed by atoms with Crippen LogP contribution in [0.1, 0.15) is 64.7 Å². The predicted octanol–water partition coefficient (Wildman–Crippen LogP) is 3.87. The van der Waals surface area contributed by atoms with Crippen LogP contribution in [-0.2, 0) is 16.2 Å². The summed E-state index contributed by atoms with van der Waals surface area (Å²) < 4.78 is 1.98. The Labute approximate surface area is 138 Å². The third-order valence-electron chi connectivity index (χ3n) is 3.56. The van der Waals surface area contributed by atoms with Gasteiger partial charge in [-0.15, -0.1) is 0 Å². The second kappa shape index (κ2) is 12.7. The van der Waals surface area contributed by atoms with Crippen LogP contribution in [0.4, 0.5) is 0 Å². The molecular weight excluding hydrogens is 294 g/mol. The highest BCUT2D eigenvalue weighted by molar-refractivity contribution is 5.83. The van der Waals surface area contributed by atoms with Gasteiger partial charge in [0.15, 0.2) is 0 Å². The number of hydrogen-bond acceptors (Lipinski definition) is 4. The summed E-state index contributed by atoms with van der Waals surface area (Å²) in [4.78, 5) is 19.8. The second-order valence-electron chi connectivity index (χ2n) is 5.74. The highest BCUT2D eigenvalue weighted by atomic mass is 16.6. The molecule has 6 nitrogen and oxygen atoms in total. The molecule has 0 saturated carbocycles. The topological polar surface area (TPSA) is 76.7 Å². The Kier molecular flexibility index (Phi) is 10.6. The van der Waals surface area contributed by atoms with Gasteiger partial charge in [-0.25, -0.2) is 4.98 Å². The smallest absolute Gasteiger partial charge is 0.303 e. The van der Waals surface area contributed by atoms with Crippen molar-refractivity contribution in [3.63, 3.8) is 0 Å². The van der Waals surface area contributed by atoms with Crippen LogP contribution in [0.3, 0.4) is 0 Å². The Morgan fingerprint density at radius 3 is 2.65 bits per heavy atom. The molecule has 0 amide bonds. The molecule has 0 radical (unpaired) electrons. The fourth-order valence-electron chi connectivity index (χ4n) is 2.26. The maximum absolute atomic E-state index is 10.4. The van der Waals surface area contributed by atoms with Gasteiger partial charge in [-0.2, -0.15) is 0 Å². The molecule has 0 aliphatic heterocycles. The minimum Gasteiger partial charge on any atom is -0.481 e. The van der Waals surface area contributed by atoms with E-state index in [0.717, 1.165) is 18.6 Å². The third-order valence-corrected chi connectivity index (χ3v) is 3.56. The molecule has 0 saturated heterocycles. The molecule has 1 aromatic heterocycles. The van der Waals surface area contributed by atoms with Crippen molar-refractivity contribution in [3.8, 4) is 0 Å². The van der Waals surface area contributed by atoms with Gasteiger partial charge in [0.2, 0.25) is 0 Å². The molecule has 0 spiro atoms. The summed E-state index contributed by atoms with van der Waals surface area (Å²) in [6, 6.07) is 0. The Bertz CT molecular complexity index is 444. The fourth-order valence-corrected chi connectivity index (χ4v) is 2.26. The molecule has 1 N–H and O–H groups in total. The number of aliphatic carboxylic acids is 1. The average molecular weight is 323 g/mol. The Balaban J connectivity index is 2.30. The molecule has 0 aliphatic rings. The van der Waals surface area contributed by atoms with E-state index in [1.54, 1.807) is 12.5 Å². The standard InChI is InChI=1S/C17H29N3O3/c1-2-3-4-5-6-9-16(14-20-12-11-18-15-20)19-23-13-8-7-10-17(21)22/h11-12,15H,2-10,13-14H2,1H3,(H,21,22)/b19-16+. The molecule has 1 rings (SSSR count). The molecule has 130 valence electrons. The number of nitrogens with zero attached hydrogens (tertiary/aromatic N) is 3. The first kappa shape index (κ1) is 19.2. The van der Waals surface area contributed by atoms with Crippen LogP contribution < -0.4 is 0 Å². The number of imidazole rings is 1. The van der Waals surface area contributed by atoms with E-state index in [4.69, 9.17) is 9.94 Å². The van der Waals surface area contributed by atoms with Gasteiger partial charge in [0.25, 0.3) is 0 Å². The van der Waals surface area contributed by atoms with Crippen molar-refractivity contribution < 1.29 is 14.7 Å². The van der Waals surface area contributed by atoms with E-state index < -0.39 is 5.97 Å². The number of carboxylic acids is 1. The van der Waals surface area contributed by atoms with Gasteiger partial charge in [0.05, 0.1) is 18.6 Å². The van der Waals surface area contributed by atoms with E-state index >= 15 is 0 Å². The first-order chi connectivity index (χ1) is 11.2. The van der Waals surface area contributed by atoms with Gasteiger partial charge in [-0.3, -0.25) is 4.79 Å². The summed E-state index contributed by atoms with van der Waals surface area (Å²) in [6.07, 6.45) is 14.0. The van der Waals surface area contributed by atoms with Crippen LogP contribution in [0.5, 0.6) is 0 Å². The quantitative estimate of drug-likeness (QED) is 0.320. The van der Waals surface area contributed by atoms with Crippen molar-refractivity contribution in [3.05, 3.63) is 18.7 Å². The van der Waals surface area contributed by atoms with Crippen molar-refractivity contribution in [1.82, 2.24) is 9.55 Å². The molecule has 0 atom stereocenters. The van der Waals surface area contributed by atoms with Crippen molar-refractivity contribution >= 4 is 11.7 Å². The third kappa shape index (κ3) is 10.5. The van der Waals surface area contributed by atoms with Gasteiger partial charge < -0.3 is 14.5 Å². The van der Waals surface area contributed by atoms with E-state index in [2.05, 4.69) is 17.1 Å². The Morgan fingerprint density at radius 1 is 1.17 bits per heavy atom. The zero-order valence-corrected chi connectivity index (χ0v) is 14.1. The van der Waals surface area contributed by atoms with Crippen molar-refractivity contribution in [2.45, 2.75) is 71.3 Å². The Hall–Kier alpha value is -1.85. The fraction of sp³-hybridized carbons (Fsp3) is 0.706. The summed E-state index contributed by atoms with van der Waals surface area (Å²) in [6.45, 7) is 3.38. The lowest BCUT2D eigenvalue weighted by atomic mass is 10.1. The predicted molar refractivity (Wildman–Crippen MR) is 90.5 cm³/mol. The monoisotopic (exact) mass is 323 g/mol. The highest BCUT2D eigenvalue weighted by Gasteiger charge is 2.03.